The summed E-state index contributed by atoms with van der Waals surface area (Å²) in [4.78, 5) is 28.2. The molecule has 2 aliphatic rings. The zero-order chi connectivity index (χ0) is 15.6. The minimum absolute atomic E-state index is 0.0282. The molecule has 0 saturated heterocycles. The van der Waals surface area contributed by atoms with E-state index >= 15 is 0 Å². The maximum absolute atomic E-state index is 12.8. The molecule has 1 amide bonds. The van der Waals surface area contributed by atoms with Crippen molar-refractivity contribution in [2.45, 2.75) is 19.8 Å². The molecule has 0 radical (unpaired) electrons. The van der Waals surface area contributed by atoms with E-state index in [0.29, 0.717) is 13.1 Å². The molecule has 4 atom stereocenters. The van der Waals surface area contributed by atoms with Gasteiger partial charge in [-0.3, -0.25) is 9.59 Å². The van der Waals surface area contributed by atoms with Crippen molar-refractivity contribution in [3.05, 3.63) is 12.2 Å². The number of carbonyl (C=O) groups excluding carboxylic acids is 1. The average Bonchev–Trinajstić information content (AvgIpc) is 3.02. The van der Waals surface area contributed by atoms with E-state index in [1.807, 2.05) is 38.1 Å². The zero-order valence-corrected chi connectivity index (χ0v) is 13.2. The third-order valence-electron chi connectivity index (χ3n) is 4.76. The van der Waals surface area contributed by atoms with E-state index in [2.05, 4.69) is 4.90 Å². The number of amides is 1. The second-order valence-corrected chi connectivity index (χ2v) is 6.41. The first-order valence-electron chi connectivity index (χ1n) is 7.80. The van der Waals surface area contributed by atoms with Gasteiger partial charge in [0, 0.05) is 13.1 Å². The van der Waals surface area contributed by atoms with Gasteiger partial charge in [-0.05, 0) is 52.2 Å². The highest BCUT2D eigenvalue weighted by atomic mass is 16.4. The van der Waals surface area contributed by atoms with Crippen LogP contribution in [-0.2, 0) is 9.59 Å². The van der Waals surface area contributed by atoms with Gasteiger partial charge in [-0.1, -0.05) is 12.2 Å². The number of carbonyl (C=O) groups is 2. The Hall–Kier alpha value is -1.36. The van der Waals surface area contributed by atoms with Gasteiger partial charge in [0.2, 0.25) is 5.91 Å². The molecule has 5 heteroatoms. The van der Waals surface area contributed by atoms with Crippen molar-refractivity contribution >= 4 is 11.9 Å². The molecule has 0 aromatic rings. The minimum atomic E-state index is -0.824. The molecule has 118 valence electrons. The van der Waals surface area contributed by atoms with Crippen molar-refractivity contribution in [2.75, 3.05) is 33.7 Å². The van der Waals surface area contributed by atoms with Gasteiger partial charge in [0.1, 0.15) is 0 Å². The molecule has 1 fully saturated rings. The maximum Gasteiger partial charge on any atom is 0.307 e. The molecule has 2 aliphatic carbocycles. The lowest BCUT2D eigenvalue weighted by atomic mass is 9.82. The molecule has 21 heavy (non-hydrogen) atoms. The van der Waals surface area contributed by atoms with Gasteiger partial charge in [-0.15, -0.1) is 0 Å². The fraction of sp³-hybridized carbons (Fsp3) is 0.750. The SMILES string of the molecule is CCN(CCCN(C)C)C(=O)[C@H]1C2C=CC(C2)[C@H]1C(=O)O. The van der Waals surface area contributed by atoms with Crippen molar-refractivity contribution in [1.29, 1.82) is 0 Å². The average molecular weight is 294 g/mol. The molecular weight excluding hydrogens is 268 g/mol. The molecule has 0 aliphatic heterocycles. The van der Waals surface area contributed by atoms with Gasteiger partial charge >= 0.3 is 5.97 Å². The van der Waals surface area contributed by atoms with E-state index in [9.17, 15) is 14.7 Å². The van der Waals surface area contributed by atoms with Crippen molar-refractivity contribution in [3.63, 3.8) is 0 Å². The Morgan fingerprint density at radius 3 is 2.29 bits per heavy atom. The van der Waals surface area contributed by atoms with Crippen LogP contribution < -0.4 is 0 Å². The minimum Gasteiger partial charge on any atom is -0.481 e. The van der Waals surface area contributed by atoms with Gasteiger partial charge in [0.15, 0.2) is 0 Å². The molecule has 1 N–H and O–H groups in total. The van der Waals surface area contributed by atoms with Gasteiger partial charge in [0.25, 0.3) is 0 Å². The van der Waals surface area contributed by atoms with Crippen molar-refractivity contribution < 1.29 is 14.7 Å². The number of aliphatic carboxylic acids is 1. The largest absolute Gasteiger partial charge is 0.481 e. The molecule has 2 unspecified atom stereocenters. The first-order valence-corrected chi connectivity index (χ1v) is 7.80. The molecule has 1 saturated carbocycles. The Labute approximate surface area is 126 Å². The van der Waals surface area contributed by atoms with Crippen LogP contribution >= 0.6 is 0 Å². The van der Waals surface area contributed by atoms with Crippen LogP contribution in [0, 0.1) is 23.7 Å². The number of hydrogen-bond acceptors (Lipinski definition) is 3. The Morgan fingerprint density at radius 2 is 1.76 bits per heavy atom. The highest BCUT2D eigenvalue weighted by molar-refractivity contribution is 5.86. The fourth-order valence-corrected chi connectivity index (χ4v) is 3.71. The van der Waals surface area contributed by atoms with Gasteiger partial charge in [-0.25, -0.2) is 0 Å². The third kappa shape index (κ3) is 3.28. The van der Waals surface area contributed by atoms with Gasteiger partial charge in [-0.2, -0.15) is 0 Å². The molecule has 0 spiro atoms. The normalized spacial score (nSPS) is 30.1. The van der Waals surface area contributed by atoms with Gasteiger partial charge in [0.05, 0.1) is 11.8 Å². The van der Waals surface area contributed by atoms with E-state index in [-0.39, 0.29) is 23.7 Å². The van der Waals surface area contributed by atoms with Crippen LogP contribution in [0.4, 0.5) is 0 Å². The predicted octanol–water partition coefficient (Wildman–Crippen LogP) is 1.31. The molecule has 0 aromatic carbocycles. The summed E-state index contributed by atoms with van der Waals surface area (Å²) in [5, 5.41) is 9.45. The van der Waals surface area contributed by atoms with Crippen LogP contribution in [0.1, 0.15) is 19.8 Å². The van der Waals surface area contributed by atoms with Crippen LogP contribution in [0.15, 0.2) is 12.2 Å². The summed E-state index contributed by atoms with van der Waals surface area (Å²) in [5.41, 5.74) is 0. The number of nitrogens with zero attached hydrogens (tertiary/aromatic N) is 2. The summed E-state index contributed by atoms with van der Waals surface area (Å²) in [6.45, 7) is 4.25. The van der Waals surface area contributed by atoms with Crippen LogP contribution in [0.25, 0.3) is 0 Å². The number of carboxylic acids is 1. The first kappa shape index (κ1) is 16.0. The molecule has 0 heterocycles. The lowest BCUT2D eigenvalue weighted by Crippen LogP contribution is -2.43. The quantitative estimate of drug-likeness (QED) is 0.719. The highest BCUT2D eigenvalue weighted by Crippen LogP contribution is 2.48. The molecular formula is C16H26N2O3. The summed E-state index contributed by atoms with van der Waals surface area (Å²) in [6.07, 6.45) is 5.76. The van der Waals surface area contributed by atoms with Crippen LogP contribution in [-0.4, -0.2) is 60.5 Å². The van der Waals surface area contributed by atoms with Crippen LogP contribution in [0.5, 0.6) is 0 Å². The predicted molar refractivity (Wildman–Crippen MR) is 80.8 cm³/mol. The lowest BCUT2D eigenvalue weighted by Gasteiger charge is -2.30. The number of rotatable bonds is 7. The second kappa shape index (κ2) is 6.60. The molecule has 0 aromatic heterocycles. The van der Waals surface area contributed by atoms with Crippen molar-refractivity contribution in [3.8, 4) is 0 Å². The van der Waals surface area contributed by atoms with E-state index < -0.39 is 11.9 Å². The zero-order valence-electron chi connectivity index (χ0n) is 13.2. The van der Waals surface area contributed by atoms with E-state index in [1.54, 1.807) is 0 Å². The summed E-state index contributed by atoms with van der Waals surface area (Å²) >= 11 is 0. The van der Waals surface area contributed by atoms with E-state index in [0.717, 1.165) is 19.4 Å². The number of allylic oxidation sites excluding steroid dienone is 2. The number of carboxylic acid groups (broad SMARTS) is 1. The number of fused-ring (bicyclic) bond motifs is 2. The standard InChI is InChI=1S/C16H26N2O3/c1-4-18(9-5-8-17(2)3)15(19)13-11-6-7-12(10-11)14(13)16(20)21/h6-7,11-14H,4-5,8-10H2,1-3H3,(H,20,21)/t11?,12?,13-,14+/m0/s1. The topological polar surface area (TPSA) is 60.9 Å². The molecule has 5 nitrogen and oxygen atoms in total. The monoisotopic (exact) mass is 294 g/mol. The summed E-state index contributed by atoms with van der Waals surface area (Å²) in [6, 6.07) is 0. The molecule has 2 rings (SSSR count). The first-order chi connectivity index (χ1) is 9.95. The Morgan fingerprint density at radius 1 is 1.14 bits per heavy atom. The van der Waals surface area contributed by atoms with Crippen LogP contribution in [0.3, 0.4) is 0 Å². The van der Waals surface area contributed by atoms with E-state index in [1.165, 1.54) is 0 Å². The Balaban J connectivity index is 2.03. The summed E-state index contributed by atoms with van der Waals surface area (Å²) in [7, 11) is 4.03. The summed E-state index contributed by atoms with van der Waals surface area (Å²) in [5.74, 6) is -1.53. The maximum atomic E-state index is 12.8. The van der Waals surface area contributed by atoms with Crippen LogP contribution in [0.2, 0.25) is 0 Å². The third-order valence-corrected chi connectivity index (χ3v) is 4.76. The Kier molecular flexibility index (Phi) is 5.04. The lowest BCUT2D eigenvalue weighted by molar-refractivity contribution is -0.151. The number of hydrogen-bond donors (Lipinski definition) is 1. The Bertz CT molecular complexity index is 433. The van der Waals surface area contributed by atoms with Gasteiger partial charge < -0.3 is 14.9 Å². The molecule has 2 bridgehead atoms. The van der Waals surface area contributed by atoms with Crippen molar-refractivity contribution in [2.24, 2.45) is 23.7 Å². The van der Waals surface area contributed by atoms with E-state index in [4.69, 9.17) is 0 Å². The summed E-state index contributed by atoms with van der Waals surface area (Å²) < 4.78 is 0. The second-order valence-electron chi connectivity index (χ2n) is 6.41. The smallest absolute Gasteiger partial charge is 0.307 e. The fourth-order valence-electron chi connectivity index (χ4n) is 3.71. The highest BCUT2D eigenvalue weighted by Gasteiger charge is 2.52. The van der Waals surface area contributed by atoms with Crippen molar-refractivity contribution in [1.82, 2.24) is 9.80 Å².